The molecule has 0 aliphatic rings. The van der Waals surface area contributed by atoms with Crippen molar-refractivity contribution in [2.45, 2.75) is 0 Å². The van der Waals surface area contributed by atoms with Gasteiger partial charge in [-0.15, -0.1) is 0 Å². The van der Waals surface area contributed by atoms with Crippen molar-refractivity contribution in [1.29, 1.82) is 0 Å². The number of benzene rings is 2. The van der Waals surface area contributed by atoms with Crippen LogP contribution in [-0.2, 0) is 0 Å². The number of hydrogen-bond acceptors (Lipinski definition) is 1. The van der Waals surface area contributed by atoms with E-state index in [-0.39, 0.29) is 10.0 Å². The summed E-state index contributed by atoms with van der Waals surface area (Å²) in [5.74, 6) is -2.95. The van der Waals surface area contributed by atoms with Crippen LogP contribution in [0.5, 0.6) is 0 Å². The van der Waals surface area contributed by atoms with Crippen molar-refractivity contribution in [3.05, 3.63) is 63.9 Å². The summed E-state index contributed by atoms with van der Waals surface area (Å²) in [6, 6.07) is 6.47. The summed E-state index contributed by atoms with van der Waals surface area (Å²) in [7, 11) is 0. The summed E-state index contributed by atoms with van der Waals surface area (Å²) in [4.78, 5) is 11.8. The van der Waals surface area contributed by atoms with E-state index in [9.17, 15) is 18.0 Å². The minimum absolute atomic E-state index is 0.171. The molecule has 1 N–H and O–H groups in total. The van der Waals surface area contributed by atoms with Gasteiger partial charge in [0.15, 0.2) is 0 Å². The van der Waals surface area contributed by atoms with Gasteiger partial charge in [0.1, 0.15) is 17.5 Å². The van der Waals surface area contributed by atoms with Crippen molar-refractivity contribution in [3.63, 3.8) is 0 Å². The van der Waals surface area contributed by atoms with E-state index in [0.717, 1.165) is 18.2 Å². The minimum Gasteiger partial charge on any atom is -0.322 e. The Morgan fingerprint density at radius 3 is 2.37 bits per heavy atom. The molecule has 0 saturated carbocycles. The van der Waals surface area contributed by atoms with Gasteiger partial charge in [-0.25, -0.2) is 13.2 Å². The highest BCUT2D eigenvalue weighted by Crippen LogP contribution is 2.21. The Labute approximate surface area is 115 Å². The van der Waals surface area contributed by atoms with Crippen LogP contribution in [0.3, 0.4) is 0 Å². The average Bonchev–Trinajstić information content (AvgIpc) is 2.33. The third-order valence-electron chi connectivity index (χ3n) is 2.35. The molecule has 19 heavy (non-hydrogen) atoms. The lowest BCUT2D eigenvalue weighted by atomic mass is 10.2. The van der Waals surface area contributed by atoms with Gasteiger partial charge in [-0.1, -0.05) is 0 Å². The van der Waals surface area contributed by atoms with Crippen LogP contribution in [0.2, 0.25) is 0 Å². The summed E-state index contributed by atoms with van der Waals surface area (Å²) in [6.45, 7) is 0. The van der Waals surface area contributed by atoms with Crippen molar-refractivity contribution < 1.29 is 18.0 Å². The van der Waals surface area contributed by atoms with E-state index < -0.39 is 23.4 Å². The molecule has 0 aromatic heterocycles. The molecule has 0 unspecified atom stereocenters. The number of hydrogen-bond donors (Lipinski definition) is 1. The summed E-state index contributed by atoms with van der Waals surface area (Å²) >= 11 is 2.97. The maximum atomic E-state index is 13.4. The first-order chi connectivity index (χ1) is 8.97. The second kappa shape index (κ2) is 5.44. The van der Waals surface area contributed by atoms with Gasteiger partial charge >= 0.3 is 0 Å². The largest absolute Gasteiger partial charge is 0.322 e. The van der Waals surface area contributed by atoms with Gasteiger partial charge in [-0.05, 0) is 46.3 Å². The van der Waals surface area contributed by atoms with Crippen LogP contribution in [0.1, 0.15) is 10.4 Å². The molecule has 2 aromatic carbocycles. The lowest BCUT2D eigenvalue weighted by Crippen LogP contribution is -2.14. The molecule has 0 heterocycles. The number of amides is 1. The molecular weight excluding hydrogens is 323 g/mol. The van der Waals surface area contributed by atoms with Gasteiger partial charge in [0, 0.05) is 11.8 Å². The second-order valence-electron chi connectivity index (χ2n) is 3.71. The zero-order valence-electron chi connectivity index (χ0n) is 9.38. The fourth-order valence-corrected chi connectivity index (χ4v) is 1.82. The Hall–Kier alpha value is -1.82. The van der Waals surface area contributed by atoms with Crippen molar-refractivity contribution in [1.82, 2.24) is 0 Å². The van der Waals surface area contributed by atoms with Crippen LogP contribution in [0.4, 0.5) is 18.9 Å². The number of halogens is 4. The molecule has 2 rings (SSSR count). The van der Waals surface area contributed by atoms with E-state index in [1.165, 1.54) is 12.1 Å². The normalized spacial score (nSPS) is 10.3. The Bertz CT molecular complexity index is 646. The van der Waals surface area contributed by atoms with Gasteiger partial charge in [0.2, 0.25) is 0 Å². The number of carbonyl (C=O) groups is 1. The molecule has 2 nitrogen and oxygen atoms in total. The molecule has 0 bridgehead atoms. The highest BCUT2D eigenvalue weighted by Gasteiger charge is 2.13. The minimum atomic E-state index is -0.960. The predicted octanol–water partition coefficient (Wildman–Crippen LogP) is 4.12. The maximum Gasteiger partial charge on any atom is 0.258 e. The Morgan fingerprint density at radius 2 is 1.74 bits per heavy atom. The lowest BCUT2D eigenvalue weighted by Gasteiger charge is -2.07. The van der Waals surface area contributed by atoms with Crippen LogP contribution in [0, 0.1) is 17.5 Å². The molecule has 0 atom stereocenters. The van der Waals surface area contributed by atoms with E-state index in [1.54, 1.807) is 0 Å². The monoisotopic (exact) mass is 329 g/mol. The van der Waals surface area contributed by atoms with E-state index in [0.29, 0.717) is 11.8 Å². The van der Waals surface area contributed by atoms with Crippen LogP contribution in [0.25, 0.3) is 0 Å². The van der Waals surface area contributed by atoms with Gasteiger partial charge in [0.25, 0.3) is 5.91 Å². The molecule has 0 radical (unpaired) electrons. The average molecular weight is 330 g/mol. The van der Waals surface area contributed by atoms with Crippen LogP contribution >= 0.6 is 15.9 Å². The van der Waals surface area contributed by atoms with Crippen molar-refractivity contribution in [3.8, 4) is 0 Å². The maximum absolute atomic E-state index is 13.4. The number of anilines is 1. The quantitative estimate of drug-likeness (QED) is 0.882. The van der Waals surface area contributed by atoms with E-state index >= 15 is 0 Å². The SMILES string of the molecule is O=C(Nc1ccc(F)c(Br)c1)c1ccc(F)cc1F. The van der Waals surface area contributed by atoms with Crippen LogP contribution in [0.15, 0.2) is 40.9 Å². The zero-order valence-corrected chi connectivity index (χ0v) is 11.0. The van der Waals surface area contributed by atoms with E-state index in [4.69, 9.17) is 0 Å². The van der Waals surface area contributed by atoms with E-state index in [1.807, 2.05) is 0 Å². The van der Waals surface area contributed by atoms with Crippen molar-refractivity contribution in [2.75, 3.05) is 5.32 Å². The topological polar surface area (TPSA) is 29.1 Å². The van der Waals surface area contributed by atoms with Crippen molar-refractivity contribution >= 4 is 27.5 Å². The summed E-state index contributed by atoms with van der Waals surface area (Å²) in [6.07, 6.45) is 0. The fourth-order valence-electron chi connectivity index (χ4n) is 1.45. The van der Waals surface area contributed by atoms with Gasteiger partial charge in [-0.2, -0.15) is 0 Å². The third-order valence-corrected chi connectivity index (χ3v) is 2.96. The standard InChI is InChI=1S/C13H7BrF3NO/c14-10-6-8(2-4-11(10)16)18-13(19)9-3-1-7(15)5-12(9)17/h1-6H,(H,18,19). The van der Waals surface area contributed by atoms with Gasteiger partial charge in [-0.3, -0.25) is 4.79 Å². The van der Waals surface area contributed by atoms with Crippen LogP contribution < -0.4 is 5.32 Å². The smallest absolute Gasteiger partial charge is 0.258 e. The third kappa shape index (κ3) is 3.14. The molecule has 98 valence electrons. The zero-order chi connectivity index (χ0) is 14.0. The predicted molar refractivity (Wildman–Crippen MR) is 68.4 cm³/mol. The summed E-state index contributed by atoms with van der Waals surface area (Å²) in [5, 5.41) is 2.39. The highest BCUT2D eigenvalue weighted by atomic mass is 79.9. The Morgan fingerprint density at radius 1 is 1.00 bits per heavy atom. The van der Waals surface area contributed by atoms with Crippen molar-refractivity contribution in [2.24, 2.45) is 0 Å². The molecule has 0 saturated heterocycles. The molecule has 6 heteroatoms. The van der Waals surface area contributed by atoms with Gasteiger partial charge in [0.05, 0.1) is 10.0 Å². The molecule has 0 aliphatic carbocycles. The second-order valence-corrected chi connectivity index (χ2v) is 4.56. The first-order valence-corrected chi connectivity index (χ1v) is 5.98. The Kier molecular flexibility index (Phi) is 3.90. The van der Waals surface area contributed by atoms with E-state index in [2.05, 4.69) is 21.2 Å². The summed E-state index contributed by atoms with van der Waals surface area (Å²) in [5.41, 5.74) is 0.00356. The first kappa shape index (κ1) is 13.6. The molecule has 2 aromatic rings. The molecule has 1 amide bonds. The fraction of sp³-hybridized carbons (Fsp3) is 0. The number of carbonyl (C=O) groups excluding carboxylic acids is 1. The molecule has 0 aliphatic heterocycles. The Balaban J connectivity index is 2.23. The highest BCUT2D eigenvalue weighted by molar-refractivity contribution is 9.10. The summed E-state index contributed by atoms with van der Waals surface area (Å²) < 4.78 is 39.3. The molecular formula is C13H7BrF3NO. The lowest BCUT2D eigenvalue weighted by molar-refractivity contribution is 0.102. The molecule has 0 spiro atoms. The van der Waals surface area contributed by atoms with Gasteiger partial charge < -0.3 is 5.32 Å². The number of nitrogens with one attached hydrogen (secondary N) is 1. The molecule has 0 fully saturated rings. The van der Waals surface area contributed by atoms with Crippen LogP contribution in [-0.4, -0.2) is 5.91 Å². The number of rotatable bonds is 2. The first-order valence-electron chi connectivity index (χ1n) is 5.19.